The second-order valence-corrected chi connectivity index (χ2v) is 22.0. The fourth-order valence-corrected chi connectivity index (χ4v) is 9.62. The van der Waals surface area contributed by atoms with Crippen LogP contribution in [-0.4, -0.2) is 112 Å². The molecule has 2 aromatic carbocycles. The van der Waals surface area contributed by atoms with Crippen molar-refractivity contribution in [1.29, 1.82) is 0 Å². The molecule has 2 saturated heterocycles. The molecule has 0 radical (unpaired) electrons. The highest BCUT2D eigenvalue weighted by atomic mass is 16.2. The molecule has 0 aliphatic carbocycles. The molecule has 0 saturated carbocycles. The summed E-state index contributed by atoms with van der Waals surface area (Å²) in [5.41, 5.74) is 1.24. The lowest BCUT2D eigenvalue weighted by Gasteiger charge is -2.37. The first-order valence-corrected chi connectivity index (χ1v) is 26.0. The maximum atomic E-state index is 14.2. The van der Waals surface area contributed by atoms with E-state index in [1.165, 1.54) is 0 Å². The minimum absolute atomic E-state index is 0.0104. The number of rotatable bonds is 26. The number of benzene rings is 2. The number of unbranched alkanes of at least 4 members (excludes halogenated alkanes) is 5. The van der Waals surface area contributed by atoms with Crippen LogP contribution in [0.2, 0.25) is 0 Å². The molecule has 0 aromatic heterocycles. The Hall–Kier alpha value is -4.58. The number of likely N-dealkylation sites (tertiary alicyclic amines) is 2. The summed E-state index contributed by atoms with van der Waals surface area (Å²) >= 11 is 0. The van der Waals surface area contributed by atoms with E-state index in [4.69, 9.17) is 0 Å². The lowest BCUT2D eigenvalue weighted by Crippen LogP contribution is -2.57. The molecule has 2 N–H and O–H groups in total. The highest BCUT2D eigenvalue weighted by Gasteiger charge is 2.42. The summed E-state index contributed by atoms with van der Waals surface area (Å²) in [6, 6.07) is 18.8. The molecule has 2 aromatic rings. The van der Waals surface area contributed by atoms with Gasteiger partial charge >= 0.3 is 0 Å². The fourth-order valence-electron chi connectivity index (χ4n) is 9.62. The zero-order chi connectivity index (χ0) is 50.0. The number of carbonyl (C=O) groups excluding carboxylic acids is 6. The Labute approximate surface area is 410 Å². The molecule has 12 nitrogen and oxygen atoms in total. The van der Waals surface area contributed by atoms with Gasteiger partial charge in [0.2, 0.25) is 29.5 Å². The maximum Gasteiger partial charge on any atom is 0.246 e. The molecule has 12 heteroatoms. The van der Waals surface area contributed by atoms with E-state index in [1.54, 1.807) is 7.05 Å². The number of amides is 5. The van der Waals surface area contributed by atoms with Gasteiger partial charge in [-0.2, -0.15) is 0 Å². The number of hydrogen-bond donors (Lipinski definition) is 2. The first kappa shape index (κ1) is 56.0. The van der Waals surface area contributed by atoms with Crippen molar-refractivity contribution in [3.8, 4) is 0 Å². The number of nitrogens with zero attached hydrogens (tertiary/aromatic N) is 4. The number of nitrogens with one attached hydrogen (secondary N) is 2. The summed E-state index contributed by atoms with van der Waals surface area (Å²) in [4.78, 5) is 90.2. The molecular formula is C56H88N6O6. The third kappa shape index (κ3) is 17.1. The smallest absolute Gasteiger partial charge is 0.246 e. The van der Waals surface area contributed by atoms with Gasteiger partial charge < -0.3 is 30.2 Å². The summed E-state index contributed by atoms with van der Waals surface area (Å²) in [6.07, 6.45) is 10.4. The predicted octanol–water partition coefficient (Wildman–Crippen LogP) is 8.95. The monoisotopic (exact) mass is 941 g/mol. The third-order valence-corrected chi connectivity index (χ3v) is 14.5. The van der Waals surface area contributed by atoms with E-state index >= 15 is 0 Å². The topological polar surface area (TPSA) is 139 Å². The molecule has 6 atom stereocenters. The highest BCUT2D eigenvalue weighted by molar-refractivity contribution is 5.91. The van der Waals surface area contributed by atoms with Gasteiger partial charge in [0.05, 0.1) is 6.04 Å². The van der Waals surface area contributed by atoms with Crippen LogP contribution >= 0.6 is 0 Å². The fraction of sp³-hybridized carbons (Fsp3) is 0.679. The average molecular weight is 941 g/mol. The summed E-state index contributed by atoms with van der Waals surface area (Å²) in [6.45, 7) is 20.9. The summed E-state index contributed by atoms with van der Waals surface area (Å²) < 4.78 is 0. The molecule has 2 aliphatic rings. The lowest BCUT2D eigenvalue weighted by molar-refractivity contribution is -0.144. The lowest BCUT2D eigenvalue weighted by atomic mass is 9.76. The summed E-state index contributed by atoms with van der Waals surface area (Å²) in [5, 5.41) is 6.10. The van der Waals surface area contributed by atoms with Crippen molar-refractivity contribution in [3.63, 3.8) is 0 Å². The Kier molecular flexibility index (Phi) is 22.2. The van der Waals surface area contributed by atoms with Crippen molar-refractivity contribution in [1.82, 2.24) is 30.2 Å². The largest absolute Gasteiger partial charge is 0.344 e. The van der Waals surface area contributed by atoms with E-state index < -0.39 is 22.8 Å². The predicted molar refractivity (Wildman–Crippen MR) is 272 cm³/mol. The van der Waals surface area contributed by atoms with Crippen molar-refractivity contribution in [2.75, 3.05) is 33.2 Å². The van der Waals surface area contributed by atoms with Crippen molar-refractivity contribution in [2.45, 2.75) is 189 Å². The molecule has 0 bridgehead atoms. The molecule has 2 heterocycles. The Morgan fingerprint density at radius 3 is 1.50 bits per heavy atom. The van der Waals surface area contributed by atoms with Crippen LogP contribution in [0.25, 0.3) is 0 Å². The number of Topliss-reactive ketones (excluding diaryl/α,β-unsaturated/α-hetero) is 1. The van der Waals surface area contributed by atoms with Crippen molar-refractivity contribution >= 4 is 35.3 Å². The number of likely N-dealkylation sites (N-methyl/N-ethyl adjacent to an activating group) is 1. The number of hydrogen-bond acceptors (Lipinski definition) is 7. The molecule has 5 amide bonds. The SMILES string of the molecule is CC[C@@H](C)C(=O)N[C@H](C(=O)N1CCC[C@H]1CN(Cc1ccccc1)C(=O)CCCCCCCCC(=O)N(Cc1ccccc1)C[C@@H]1CCCN1C(=O)[C@@H](CC(=O)[C@H](C)NC)C(C)(C)C)C(C)(C)C. The van der Waals surface area contributed by atoms with Crippen LogP contribution in [0.4, 0.5) is 0 Å². The van der Waals surface area contributed by atoms with Gasteiger partial charge in [0.15, 0.2) is 0 Å². The summed E-state index contributed by atoms with van der Waals surface area (Å²) in [7, 11) is 1.76. The van der Waals surface area contributed by atoms with E-state index in [9.17, 15) is 28.8 Å². The second kappa shape index (κ2) is 27.0. The second-order valence-electron chi connectivity index (χ2n) is 22.0. The van der Waals surface area contributed by atoms with Gasteiger partial charge in [-0.15, -0.1) is 0 Å². The van der Waals surface area contributed by atoms with Gasteiger partial charge in [0.1, 0.15) is 11.8 Å². The Balaban J connectivity index is 1.30. The minimum atomic E-state index is -0.655. The van der Waals surface area contributed by atoms with Crippen LogP contribution in [0.15, 0.2) is 60.7 Å². The van der Waals surface area contributed by atoms with Crippen molar-refractivity contribution < 1.29 is 28.8 Å². The van der Waals surface area contributed by atoms with Crippen LogP contribution < -0.4 is 10.6 Å². The summed E-state index contributed by atoms with van der Waals surface area (Å²) in [5.74, 6) is -0.586. The Morgan fingerprint density at radius 1 is 0.647 bits per heavy atom. The van der Waals surface area contributed by atoms with E-state index in [1.807, 2.05) is 143 Å². The van der Waals surface area contributed by atoms with Crippen molar-refractivity contribution in [2.24, 2.45) is 22.7 Å². The molecule has 0 unspecified atom stereocenters. The van der Waals surface area contributed by atoms with Crippen LogP contribution in [0.1, 0.15) is 163 Å². The van der Waals surface area contributed by atoms with Crippen molar-refractivity contribution in [3.05, 3.63) is 71.8 Å². The van der Waals surface area contributed by atoms with E-state index in [-0.39, 0.29) is 65.8 Å². The molecule has 68 heavy (non-hydrogen) atoms. The third-order valence-electron chi connectivity index (χ3n) is 14.5. The van der Waals surface area contributed by atoms with E-state index in [0.29, 0.717) is 58.5 Å². The van der Waals surface area contributed by atoms with Crippen LogP contribution in [0.5, 0.6) is 0 Å². The van der Waals surface area contributed by atoms with Crippen LogP contribution in [-0.2, 0) is 41.9 Å². The number of ketones is 1. The van der Waals surface area contributed by atoms with Gasteiger partial charge in [-0.3, -0.25) is 28.8 Å². The molecule has 0 spiro atoms. The van der Waals surface area contributed by atoms with Gasteiger partial charge in [-0.25, -0.2) is 0 Å². The first-order valence-electron chi connectivity index (χ1n) is 26.0. The minimum Gasteiger partial charge on any atom is -0.344 e. The Bertz CT molecular complexity index is 1770. The van der Waals surface area contributed by atoms with Gasteiger partial charge in [0, 0.05) is 82.5 Å². The van der Waals surface area contributed by atoms with E-state index in [0.717, 1.165) is 75.3 Å². The molecule has 2 fully saturated rings. The quantitative estimate of drug-likeness (QED) is 0.0899. The standard InChI is InChI=1S/C56H88N6O6/c1-11-41(2)52(66)58-51(56(7,8)9)54(68)62-35-25-31-46(62)40-60(38-44-28-20-17-21-29-44)50(65)33-23-15-13-12-14-22-32-49(64)59(37-43-26-18-16-19-27-43)39-45-30-24-34-61(45)53(67)47(55(4,5)6)36-48(63)42(3)57-10/h16-21,26-29,41-42,45-47,51,57H,11-15,22-25,30-40H2,1-10H3,(H,58,66)/t41-,42+,45+,46+,47-,51-/m1/s1. The average Bonchev–Trinajstić information content (AvgIpc) is 3.98. The first-order chi connectivity index (χ1) is 32.2. The van der Waals surface area contributed by atoms with Gasteiger partial charge in [0.25, 0.3) is 0 Å². The van der Waals surface area contributed by atoms with Gasteiger partial charge in [-0.1, -0.05) is 142 Å². The van der Waals surface area contributed by atoms with Crippen LogP contribution in [0.3, 0.4) is 0 Å². The molecule has 378 valence electrons. The zero-order valence-electron chi connectivity index (χ0n) is 43.6. The normalized spacial score (nSPS) is 18.1. The number of carbonyl (C=O) groups is 6. The highest BCUT2D eigenvalue weighted by Crippen LogP contribution is 2.34. The zero-order valence-corrected chi connectivity index (χ0v) is 43.6. The van der Waals surface area contributed by atoms with Crippen LogP contribution in [0, 0.1) is 22.7 Å². The maximum absolute atomic E-state index is 14.2. The van der Waals surface area contributed by atoms with Gasteiger partial charge in [-0.05, 0) is 80.9 Å². The Morgan fingerprint density at radius 2 is 1.09 bits per heavy atom. The molecule has 4 rings (SSSR count). The van der Waals surface area contributed by atoms with E-state index in [2.05, 4.69) is 10.6 Å². The molecular weight excluding hydrogens is 853 g/mol. The molecule has 2 aliphatic heterocycles.